The number of benzene rings is 2. The first-order valence-corrected chi connectivity index (χ1v) is 7.27. The van der Waals surface area contributed by atoms with Crippen LogP contribution in [0.25, 0.3) is 0 Å². The summed E-state index contributed by atoms with van der Waals surface area (Å²) < 4.78 is 1.97. The molecule has 2 heterocycles. The summed E-state index contributed by atoms with van der Waals surface area (Å²) in [5.74, 6) is 0.736. The van der Waals surface area contributed by atoms with Gasteiger partial charge in [0.2, 0.25) is 5.72 Å². The Morgan fingerprint density at radius 3 is 2.36 bits per heavy atom. The number of para-hydroxylation sites is 1. The van der Waals surface area contributed by atoms with Crippen molar-refractivity contribution in [1.29, 1.82) is 0 Å². The minimum absolute atomic E-state index is 0.440. The number of hydrogen-bond acceptors (Lipinski definition) is 3. The Morgan fingerprint density at radius 2 is 1.64 bits per heavy atom. The number of rotatable bonds is 2. The molecule has 1 atom stereocenters. The molecule has 4 rings (SSSR count). The van der Waals surface area contributed by atoms with Gasteiger partial charge in [0.05, 0.1) is 6.20 Å². The summed E-state index contributed by atoms with van der Waals surface area (Å²) in [4.78, 5) is 6.36. The van der Waals surface area contributed by atoms with Gasteiger partial charge in [-0.2, -0.15) is 4.90 Å². The number of fused-ring (bicyclic) bond motifs is 1. The van der Waals surface area contributed by atoms with Gasteiger partial charge in [-0.15, -0.1) is 0 Å². The van der Waals surface area contributed by atoms with Gasteiger partial charge in [0.1, 0.15) is 18.4 Å². The van der Waals surface area contributed by atoms with Crippen LogP contribution in [0.1, 0.15) is 5.56 Å². The van der Waals surface area contributed by atoms with Crippen molar-refractivity contribution in [3.63, 3.8) is 0 Å². The Bertz CT molecular complexity index is 792. The van der Waals surface area contributed by atoms with E-state index in [2.05, 4.69) is 4.98 Å². The van der Waals surface area contributed by atoms with Crippen molar-refractivity contribution in [1.82, 2.24) is 4.98 Å². The molecule has 0 fully saturated rings. The van der Waals surface area contributed by atoms with E-state index < -0.39 is 5.72 Å². The average molecular weight is 290 g/mol. The molecule has 1 aliphatic heterocycles. The lowest BCUT2D eigenvalue weighted by Crippen LogP contribution is -2.43. The Labute approximate surface area is 128 Å². The number of aliphatic hydroxyl groups is 1. The molecule has 22 heavy (non-hydrogen) atoms. The van der Waals surface area contributed by atoms with Gasteiger partial charge in [-0.3, -0.25) is 0 Å². The molecule has 1 aromatic heterocycles. The first-order chi connectivity index (χ1) is 10.8. The van der Waals surface area contributed by atoms with Crippen molar-refractivity contribution in [3.05, 3.63) is 84.7 Å². The smallest absolute Gasteiger partial charge is 0.352 e. The highest BCUT2D eigenvalue weighted by atomic mass is 16.3. The van der Waals surface area contributed by atoms with E-state index in [1.54, 1.807) is 6.20 Å². The second kappa shape index (κ2) is 4.93. The normalized spacial score (nSPS) is 20.0. The van der Waals surface area contributed by atoms with Gasteiger partial charge in [-0.25, -0.2) is 4.57 Å². The summed E-state index contributed by atoms with van der Waals surface area (Å²) in [5.41, 5.74) is 0.618. The van der Waals surface area contributed by atoms with Crippen LogP contribution in [0.5, 0.6) is 0 Å². The van der Waals surface area contributed by atoms with Gasteiger partial charge in [0, 0.05) is 11.6 Å². The SMILES string of the molecule is OC1(c2ccccc2)C[n+]2cccnc2N1c1ccccc1. The molecule has 0 spiro atoms. The third kappa shape index (κ3) is 1.89. The van der Waals surface area contributed by atoms with Crippen LogP contribution in [0.3, 0.4) is 0 Å². The van der Waals surface area contributed by atoms with Gasteiger partial charge in [0.25, 0.3) is 0 Å². The predicted octanol–water partition coefficient (Wildman–Crippen LogP) is 2.37. The highest BCUT2D eigenvalue weighted by molar-refractivity contribution is 5.60. The van der Waals surface area contributed by atoms with Crippen molar-refractivity contribution < 1.29 is 9.67 Å². The maximum absolute atomic E-state index is 11.5. The first-order valence-electron chi connectivity index (χ1n) is 7.27. The summed E-state index contributed by atoms with van der Waals surface area (Å²) in [5, 5.41) is 11.5. The van der Waals surface area contributed by atoms with E-state index in [9.17, 15) is 5.11 Å². The van der Waals surface area contributed by atoms with Crippen LogP contribution in [0.2, 0.25) is 0 Å². The molecule has 0 saturated heterocycles. The quantitative estimate of drug-likeness (QED) is 0.737. The fourth-order valence-corrected chi connectivity index (χ4v) is 3.01. The van der Waals surface area contributed by atoms with Gasteiger partial charge in [0.15, 0.2) is 0 Å². The van der Waals surface area contributed by atoms with Gasteiger partial charge in [-0.05, 0) is 12.1 Å². The lowest BCUT2D eigenvalue weighted by Gasteiger charge is -2.28. The summed E-state index contributed by atoms with van der Waals surface area (Å²) in [6.45, 7) is 0.440. The number of anilines is 2. The molecule has 1 aliphatic rings. The first kappa shape index (κ1) is 13.0. The number of aromatic nitrogens is 2. The van der Waals surface area contributed by atoms with Crippen molar-refractivity contribution in [3.8, 4) is 0 Å². The highest BCUT2D eigenvalue weighted by Gasteiger charge is 2.52. The third-order valence-electron chi connectivity index (χ3n) is 4.01. The molecule has 0 bridgehead atoms. The number of nitrogens with zero attached hydrogens (tertiary/aromatic N) is 3. The van der Waals surface area contributed by atoms with Crippen molar-refractivity contribution >= 4 is 11.6 Å². The minimum atomic E-state index is -1.15. The van der Waals surface area contributed by atoms with Crippen LogP contribution in [0, 0.1) is 0 Å². The number of hydrogen-bond donors (Lipinski definition) is 1. The Morgan fingerprint density at radius 1 is 0.955 bits per heavy atom. The van der Waals surface area contributed by atoms with E-state index in [1.807, 2.05) is 82.4 Å². The fraction of sp³-hybridized carbons (Fsp3) is 0.111. The van der Waals surface area contributed by atoms with E-state index in [-0.39, 0.29) is 0 Å². The fourth-order valence-electron chi connectivity index (χ4n) is 3.01. The van der Waals surface area contributed by atoms with E-state index in [1.165, 1.54) is 0 Å². The van der Waals surface area contributed by atoms with Crippen LogP contribution in [-0.2, 0) is 12.3 Å². The maximum Gasteiger partial charge on any atom is 0.401 e. The molecular formula is C18H16N3O+. The van der Waals surface area contributed by atoms with Gasteiger partial charge < -0.3 is 5.11 Å². The molecule has 4 heteroatoms. The Kier molecular flexibility index (Phi) is 2.91. The zero-order chi connectivity index (χ0) is 15.0. The topological polar surface area (TPSA) is 40.2 Å². The van der Waals surface area contributed by atoms with E-state index in [0.717, 1.165) is 17.2 Å². The molecule has 0 saturated carbocycles. The zero-order valence-corrected chi connectivity index (χ0v) is 12.0. The van der Waals surface area contributed by atoms with Crippen LogP contribution in [0.4, 0.5) is 11.6 Å². The van der Waals surface area contributed by atoms with Crippen LogP contribution in [-0.4, -0.2) is 10.1 Å². The van der Waals surface area contributed by atoms with E-state index >= 15 is 0 Å². The van der Waals surface area contributed by atoms with Gasteiger partial charge in [-0.1, -0.05) is 53.5 Å². The summed E-state index contributed by atoms with van der Waals surface area (Å²) in [7, 11) is 0. The largest absolute Gasteiger partial charge is 0.401 e. The molecule has 108 valence electrons. The standard InChI is InChI=1S/C18H16N3O/c22-18(15-8-3-1-4-9-15)14-20-13-7-12-19-17(20)21(18)16-10-5-2-6-11-16/h1-13,22H,14H2/q+1. The Balaban J connectivity index is 1.93. The Hall–Kier alpha value is -2.72. The van der Waals surface area contributed by atoms with Crippen LogP contribution < -0.4 is 9.47 Å². The minimum Gasteiger partial charge on any atom is -0.352 e. The molecular weight excluding hydrogens is 274 g/mol. The molecule has 0 radical (unpaired) electrons. The monoisotopic (exact) mass is 290 g/mol. The second-order valence-electron chi connectivity index (χ2n) is 5.40. The molecule has 3 aromatic rings. The van der Waals surface area contributed by atoms with Crippen molar-refractivity contribution in [2.45, 2.75) is 12.3 Å². The van der Waals surface area contributed by atoms with Crippen molar-refractivity contribution in [2.75, 3.05) is 4.90 Å². The molecule has 0 amide bonds. The summed E-state index contributed by atoms with van der Waals surface area (Å²) in [6.07, 6.45) is 3.69. The maximum atomic E-state index is 11.5. The molecule has 0 aliphatic carbocycles. The van der Waals surface area contributed by atoms with Crippen molar-refractivity contribution in [2.24, 2.45) is 0 Å². The average Bonchev–Trinajstić information content (AvgIpc) is 2.90. The summed E-state index contributed by atoms with van der Waals surface area (Å²) in [6, 6.07) is 21.5. The van der Waals surface area contributed by atoms with E-state index in [4.69, 9.17) is 0 Å². The molecule has 4 nitrogen and oxygen atoms in total. The zero-order valence-electron chi connectivity index (χ0n) is 12.0. The second-order valence-corrected chi connectivity index (χ2v) is 5.40. The third-order valence-corrected chi connectivity index (χ3v) is 4.01. The van der Waals surface area contributed by atoms with Crippen LogP contribution >= 0.6 is 0 Å². The lowest BCUT2D eigenvalue weighted by atomic mass is 10.0. The predicted molar refractivity (Wildman–Crippen MR) is 83.4 cm³/mol. The highest BCUT2D eigenvalue weighted by Crippen LogP contribution is 2.39. The van der Waals surface area contributed by atoms with Crippen LogP contribution in [0.15, 0.2) is 79.1 Å². The molecule has 2 aromatic carbocycles. The lowest BCUT2D eigenvalue weighted by molar-refractivity contribution is -0.685. The molecule has 1 unspecified atom stereocenters. The van der Waals surface area contributed by atoms with Gasteiger partial charge >= 0.3 is 5.95 Å². The van der Waals surface area contributed by atoms with E-state index in [0.29, 0.717) is 6.54 Å². The summed E-state index contributed by atoms with van der Waals surface area (Å²) >= 11 is 0. The molecule has 1 N–H and O–H groups in total.